The average molecular weight is 456 g/mol. The van der Waals surface area contributed by atoms with Crippen LogP contribution in [0.3, 0.4) is 0 Å². The summed E-state index contributed by atoms with van der Waals surface area (Å²) in [6, 6.07) is 7.55. The van der Waals surface area contributed by atoms with Crippen LogP contribution in [0.1, 0.15) is 46.1 Å². The van der Waals surface area contributed by atoms with Crippen LogP contribution in [0.2, 0.25) is 0 Å². The summed E-state index contributed by atoms with van der Waals surface area (Å²) < 4.78 is 28.2. The van der Waals surface area contributed by atoms with Crippen molar-refractivity contribution in [1.29, 1.82) is 0 Å². The Balaban J connectivity index is 2.23. The van der Waals surface area contributed by atoms with E-state index < -0.39 is 35.7 Å². The van der Waals surface area contributed by atoms with Gasteiger partial charge in [-0.05, 0) is 69.6 Å². The standard InChI is InChI=1S/C25H33BO7/c1-9-16-14-25(21(27)30-7,22(28)31-8)15-19(16)20(17-10-12-18(29-6)13-11-17)26-32-23(2,3)24(4,5)33-26/h9-13,16H,1,14-15H2,2-8H3/b20-19-/t16-/m0/s1. The van der Waals surface area contributed by atoms with Crippen LogP contribution in [-0.2, 0) is 28.4 Å². The smallest absolute Gasteiger partial charge is 0.495 e. The molecule has 33 heavy (non-hydrogen) atoms. The third kappa shape index (κ3) is 4.22. The van der Waals surface area contributed by atoms with Crippen LogP contribution in [-0.4, -0.2) is 51.6 Å². The van der Waals surface area contributed by atoms with Crippen molar-refractivity contribution >= 4 is 24.5 Å². The van der Waals surface area contributed by atoms with E-state index in [2.05, 4.69) is 6.58 Å². The first-order chi connectivity index (χ1) is 15.5. The molecule has 8 heteroatoms. The highest BCUT2D eigenvalue weighted by molar-refractivity contribution is 6.69. The van der Waals surface area contributed by atoms with Gasteiger partial charge in [-0.15, -0.1) is 6.58 Å². The molecule has 1 atom stereocenters. The SMILES string of the molecule is C=C[C@H]1CC(C(=O)OC)(C(=O)OC)C/C1=C(/B1OC(C)(C)C(C)(C)O1)c1ccc(OC)cc1. The summed E-state index contributed by atoms with van der Waals surface area (Å²) in [5.74, 6) is -0.820. The van der Waals surface area contributed by atoms with E-state index in [1.54, 1.807) is 13.2 Å². The summed E-state index contributed by atoms with van der Waals surface area (Å²) in [6.07, 6.45) is 2.07. The Hall–Kier alpha value is -2.58. The molecule has 0 radical (unpaired) electrons. The molecule has 7 nitrogen and oxygen atoms in total. The Kier molecular flexibility index (Phi) is 6.83. The number of hydrogen-bond donors (Lipinski definition) is 0. The lowest BCUT2D eigenvalue weighted by Gasteiger charge is -2.32. The molecule has 1 saturated heterocycles. The maximum Gasteiger partial charge on any atom is 0.495 e. The van der Waals surface area contributed by atoms with Gasteiger partial charge in [0.15, 0.2) is 5.41 Å². The second-order valence-corrected chi connectivity index (χ2v) is 9.54. The molecule has 1 heterocycles. The topological polar surface area (TPSA) is 80.3 Å². The van der Waals surface area contributed by atoms with Crippen LogP contribution < -0.4 is 4.74 Å². The van der Waals surface area contributed by atoms with E-state index in [0.717, 1.165) is 16.6 Å². The minimum absolute atomic E-state index is 0.120. The Bertz CT molecular complexity index is 929. The van der Waals surface area contributed by atoms with Crippen LogP contribution in [0.25, 0.3) is 5.47 Å². The summed E-state index contributed by atoms with van der Waals surface area (Å²) in [6.45, 7) is 11.9. The van der Waals surface area contributed by atoms with Gasteiger partial charge < -0.3 is 23.5 Å². The largest absolute Gasteiger partial charge is 0.497 e. The lowest BCUT2D eigenvalue weighted by atomic mass is 9.69. The van der Waals surface area contributed by atoms with E-state index in [1.807, 2.05) is 52.0 Å². The normalized spacial score (nSPS) is 24.2. The number of esters is 2. The number of carbonyl (C=O) groups excluding carboxylic acids is 2. The maximum absolute atomic E-state index is 12.9. The fraction of sp³-hybridized carbons (Fsp3) is 0.520. The summed E-state index contributed by atoms with van der Waals surface area (Å²) in [7, 11) is 3.45. The molecule has 3 rings (SSSR count). The van der Waals surface area contributed by atoms with E-state index in [1.165, 1.54) is 14.2 Å². The van der Waals surface area contributed by atoms with Crippen molar-refractivity contribution in [1.82, 2.24) is 0 Å². The number of ether oxygens (including phenoxy) is 3. The van der Waals surface area contributed by atoms with Crippen LogP contribution >= 0.6 is 0 Å². The van der Waals surface area contributed by atoms with Crippen LogP contribution in [0, 0.1) is 11.3 Å². The van der Waals surface area contributed by atoms with Gasteiger partial charge in [0.05, 0.1) is 32.5 Å². The molecule has 1 aromatic rings. The molecular weight excluding hydrogens is 423 g/mol. The lowest BCUT2D eigenvalue weighted by molar-refractivity contribution is -0.168. The highest BCUT2D eigenvalue weighted by Crippen LogP contribution is 2.52. The third-order valence-electron chi connectivity index (χ3n) is 7.18. The van der Waals surface area contributed by atoms with E-state index in [-0.39, 0.29) is 18.8 Å². The quantitative estimate of drug-likeness (QED) is 0.277. The third-order valence-corrected chi connectivity index (χ3v) is 7.18. The van der Waals surface area contributed by atoms with Gasteiger partial charge in [0.2, 0.25) is 0 Å². The van der Waals surface area contributed by atoms with Crippen molar-refractivity contribution in [3.63, 3.8) is 0 Å². The fourth-order valence-corrected chi connectivity index (χ4v) is 4.54. The van der Waals surface area contributed by atoms with Crippen LogP contribution in [0.15, 0.2) is 42.5 Å². The highest BCUT2D eigenvalue weighted by atomic mass is 16.7. The van der Waals surface area contributed by atoms with Gasteiger partial charge in [0.1, 0.15) is 5.75 Å². The van der Waals surface area contributed by atoms with Crippen LogP contribution in [0.5, 0.6) is 5.75 Å². The number of carbonyl (C=O) groups is 2. The summed E-state index contributed by atoms with van der Waals surface area (Å²) in [5, 5.41) is 0. The number of rotatable bonds is 6. The molecule has 1 aromatic carbocycles. The number of methoxy groups -OCH3 is 3. The second-order valence-electron chi connectivity index (χ2n) is 9.54. The maximum atomic E-state index is 12.9. The summed E-state index contributed by atoms with van der Waals surface area (Å²) in [5.41, 5.74) is -0.138. The van der Waals surface area contributed by atoms with E-state index in [4.69, 9.17) is 23.5 Å². The van der Waals surface area contributed by atoms with E-state index in [9.17, 15) is 9.59 Å². The molecule has 0 N–H and O–H groups in total. The summed E-state index contributed by atoms with van der Waals surface area (Å²) in [4.78, 5) is 25.7. The van der Waals surface area contributed by atoms with Gasteiger partial charge in [-0.2, -0.15) is 0 Å². The van der Waals surface area contributed by atoms with Crippen LogP contribution in [0.4, 0.5) is 0 Å². The van der Waals surface area contributed by atoms with Crippen molar-refractivity contribution < 1.29 is 33.1 Å². The average Bonchev–Trinajstić information content (AvgIpc) is 3.27. The first kappa shape index (κ1) is 25.1. The Morgan fingerprint density at radius 3 is 1.94 bits per heavy atom. The molecule has 1 saturated carbocycles. The molecule has 0 bridgehead atoms. The van der Waals surface area contributed by atoms with Crippen molar-refractivity contribution in [3.8, 4) is 5.75 Å². The molecule has 0 amide bonds. The van der Waals surface area contributed by atoms with E-state index in [0.29, 0.717) is 5.75 Å². The second kappa shape index (κ2) is 8.99. The molecule has 2 aliphatic rings. The minimum atomic E-state index is -1.46. The molecule has 178 valence electrons. The van der Waals surface area contributed by atoms with Gasteiger partial charge >= 0.3 is 19.1 Å². The molecule has 1 aliphatic carbocycles. The van der Waals surface area contributed by atoms with Gasteiger partial charge in [-0.25, -0.2) is 0 Å². The molecule has 1 aliphatic heterocycles. The number of allylic oxidation sites excluding steroid dienone is 2. The van der Waals surface area contributed by atoms with Gasteiger partial charge in [-0.3, -0.25) is 9.59 Å². The van der Waals surface area contributed by atoms with Gasteiger partial charge in [-0.1, -0.05) is 23.8 Å². The lowest BCUT2D eigenvalue weighted by Crippen LogP contribution is -2.41. The first-order valence-corrected chi connectivity index (χ1v) is 11.0. The van der Waals surface area contributed by atoms with Gasteiger partial charge in [0.25, 0.3) is 0 Å². The predicted molar refractivity (Wildman–Crippen MR) is 125 cm³/mol. The number of benzene rings is 1. The van der Waals surface area contributed by atoms with E-state index >= 15 is 0 Å². The molecule has 0 spiro atoms. The van der Waals surface area contributed by atoms with Gasteiger partial charge in [0, 0.05) is 0 Å². The fourth-order valence-electron chi connectivity index (χ4n) is 4.54. The molecule has 0 aromatic heterocycles. The zero-order valence-electron chi connectivity index (χ0n) is 20.5. The molecule has 0 unspecified atom stereocenters. The number of hydrogen-bond acceptors (Lipinski definition) is 7. The zero-order valence-corrected chi connectivity index (χ0v) is 20.5. The van der Waals surface area contributed by atoms with Crippen molar-refractivity contribution in [2.24, 2.45) is 11.3 Å². The Labute approximate surface area is 196 Å². The Morgan fingerprint density at radius 1 is 1.00 bits per heavy atom. The monoisotopic (exact) mass is 456 g/mol. The van der Waals surface area contributed by atoms with Crippen molar-refractivity contribution in [2.75, 3.05) is 21.3 Å². The molecule has 2 fully saturated rings. The minimum Gasteiger partial charge on any atom is -0.497 e. The first-order valence-electron chi connectivity index (χ1n) is 11.0. The summed E-state index contributed by atoms with van der Waals surface area (Å²) >= 11 is 0. The Morgan fingerprint density at radius 2 is 1.52 bits per heavy atom. The zero-order chi connectivity index (χ0) is 24.6. The van der Waals surface area contributed by atoms with Crippen molar-refractivity contribution in [2.45, 2.75) is 51.7 Å². The predicted octanol–water partition coefficient (Wildman–Crippen LogP) is 4.01. The molecular formula is C25H33BO7. The van der Waals surface area contributed by atoms with Crippen molar-refractivity contribution in [3.05, 3.63) is 48.1 Å². The highest BCUT2D eigenvalue weighted by Gasteiger charge is 2.58.